The highest BCUT2D eigenvalue weighted by molar-refractivity contribution is 5.92. The van der Waals surface area contributed by atoms with Crippen LogP contribution in [0, 0.1) is 12.3 Å². The van der Waals surface area contributed by atoms with Crippen LogP contribution >= 0.6 is 0 Å². The lowest BCUT2D eigenvalue weighted by molar-refractivity contribution is 0.0292. The van der Waals surface area contributed by atoms with Crippen LogP contribution in [0.2, 0.25) is 0 Å². The number of aryl methyl sites for hydroxylation is 1. The molecule has 0 aliphatic carbocycles. The minimum Gasteiger partial charge on any atom is -0.344 e. The van der Waals surface area contributed by atoms with Crippen LogP contribution in [0.25, 0.3) is 0 Å². The Morgan fingerprint density at radius 2 is 1.78 bits per heavy atom. The second kappa shape index (κ2) is 6.11. The Labute approximate surface area is 137 Å². The van der Waals surface area contributed by atoms with Crippen molar-refractivity contribution in [3.05, 3.63) is 33.7 Å². The van der Waals surface area contributed by atoms with E-state index >= 15 is 0 Å². The molecule has 2 aliphatic rings. The van der Waals surface area contributed by atoms with Crippen molar-refractivity contribution in [2.75, 3.05) is 33.2 Å². The molecule has 5 nitrogen and oxygen atoms in total. The summed E-state index contributed by atoms with van der Waals surface area (Å²) >= 11 is 0. The first kappa shape index (κ1) is 16.2. The molecule has 0 unspecified atom stereocenters. The van der Waals surface area contributed by atoms with Crippen LogP contribution in [0.15, 0.2) is 16.9 Å². The van der Waals surface area contributed by atoms with Gasteiger partial charge in [-0.2, -0.15) is 0 Å². The lowest BCUT2D eigenvalue weighted by Crippen LogP contribution is -2.50. The summed E-state index contributed by atoms with van der Waals surface area (Å²) in [6, 6.07) is 3.04. The van der Waals surface area contributed by atoms with E-state index in [1.165, 1.54) is 25.5 Å². The molecule has 1 amide bonds. The molecule has 1 aromatic rings. The number of pyridine rings is 1. The van der Waals surface area contributed by atoms with Gasteiger partial charge in [-0.3, -0.25) is 9.59 Å². The molecule has 3 heterocycles. The summed E-state index contributed by atoms with van der Waals surface area (Å²) in [5, 5.41) is 0. The Hall–Kier alpha value is -1.62. The summed E-state index contributed by atoms with van der Waals surface area (Å²) < 4.78 is 1.82. The standard InChI is InChI=1S/C18H27N3O2/c1-14-11-15(22)12-16(20(14)3)17(23)21-9-6-18(7-10-21)5-4-8-19(2)13-18/h11-12H,4-10,13H2,1-3H3. The predicted molar refractivity (Wildman–Crippen MR) is 90.7 cm³/mol. The van der Waals surface area contributed by atoms with E-state index in [9.17, 15) is 9.59 Å². The van der Waals surface area contributed by atoms with Crippen LogP contribution in [0.3, 0.4) is 0 Å². The predicted octanol–water partition coefficient (Wildman–Crippen LogP) is 1.64. The minimum absolute atomic E-state index is 0.00712. The average Bonchev–Trinajstić information content (AvgIpc) is 2.51. The van der Waals surface area contributed by atoms with Crippen LogP contribution in [-0.4, -0.2) is 53.5 Å². The third-order valence-electron chi connectivity index (χ3n) is 5.70. The molecule has 1 spiro atoms. The Morgan fingerprint density at radius 1 is 1.09 bits per heavy atom. The molecular weight excluding hydrogens is 290 g/mol. The molecule has 23 heavy (non-hydrogen) atoms. The van der Waals surface area contributed by atoms with Gasteiger partial charge in [-0.25, -0.2) is 0 Å². The third kappa shape index (κ3) is 3.20. The number of amides is 1. The zero-order valence-electron chi connectivity index (χ0n) is 14.5. The second-order valence-corrected chi connectivity index (χ2v) is 7.41. The van der Waals surface area contributed by atoms with Gasteiger partial charge in [-0.1, -0.05) is 0 Å². The van der Waals surface area contributed by atoms with Gasteiger partial charge in [0.2, 0.25) is 0 Å². The van der Waals surface area contributed by atoms with Crippen LogP contribution < -0.4 is 5.43 Å². The van der Waals surface area contributed by atoms with Gasteiger partial charge < -0.3 is 14.4 Å². The molecule has 0 N–H and O–H groups in total. The SMILES string of the molecule is Cc1cc(=O)cc(C(=O)N2CCC3(CCCN(C)C3)CC2)n1C. The van der Waals surface area contributed by atoms with Crippen molar-refractivity contribution < 1.29 is 4.79 Å². The van der Waals surface area contributed by atoms with Gasteiger partial charge in [0.05, 0.1) is 0 Å². The van der Waals surface area contributed by atoms with E-state index < -0.39 is 0 Å². The van der Waals surface area contributed by atoms with Crippen LogP contribution in [-0.2, 0) is 7.05 Å². The zero-order valence-corrected chi connectivity index (χ0v) is 14.5. The second-order valence-electron chi connectivity index (χ2n) is 7.41. The van der Waals surface area contributed by atoms with Crippen molar-refractivity contribution in [1.82, 2.24) is 14.4 Å². The van der Waals surface area contributed by atoms with Crippen molar-refractivity contribution >= 4 is 5.91 Å². The maximum Gasteiger partial charge on any atom is 0.270 e. The Morgan fingerprint density at radius 3 is 2.43 bits per heavy atom. The fourth-order valence-corrected chi connectivity index (χ4v) is 4.18. The molecule has 5 heteroatoms. The average molecular weight is 317 g/mol. The highest BCUT2D eigenvalue weighted by atomic mass is 16.2. The van der Waals surface area contributed by atoms with E-state index in [4.69, 9.17) is 0 Å². The zero-order chi connectivity index (χ0) is 16.6. The molecule has 0 aromatic carbocycles. The number of carbonyl (C=O) groups excluding carboxylic acids is 1. The largest absolute Gasteiger partial charge is 0.344 e. The fourth-order valence-electron chi connectivity index (χ4n) is 4.18. The van der Waals surface area contributed by atoms with Crippen molar-refractivity contribution in [3.63, 3.8) is 0 Å². The van der Waals surface area contributed by atoms with E-state index in [2.05, 4.69) is 11.9 Å². The van der Waals surface area contributed by atoms with Crippen molar-refractivity contribution in [1.29, 1.82) is 0 Å². The van der Waals surface area contributed by atoms with E-state index in [0.717, 1.165) is 38.2 Å². The molecule has 0 radical (unpaired) electrons. The van der Waals surface area contributed by atoms with Crippen LogP contribution in [0.1, 0.15) is 41.9 Å². The lowest BCUT2D eigenvalue weighted by atomic mass is 9.72. The lowest BCUT2D eigenvalue weighted by Gasteiger charge is -2.47. The third-order valence-corrected chi connectivity index (χ3v) is 5.70. The summed E-state index contributed by atoms with van der Waals surface area (Å²) in [6.45, 7) is 5.80. The molecule has 2 fully saturated rings. The van der Waals surface area contributed by atoms with Gasteiger partial charge in [-0.05, 0) is 51.6 Å². The molecule has 2 saturated heterocycles. The van der Waals surface area contributed by atoms with Gasteiger partial charge in [0.25, 0.3) is 5.91 Å². The van der Waals surface area contributed by atoms with Gasteiger partial charge >= 0.3 is 0 Å². The van der Waals surface area contributed by atoms with Gasteiger partial charge in [0.15, 0.2) is 5.43 Å². The maximum absolute atomic E-state index is 12.8. The summed E-state index contributed by atoms with van der Waals surface area (Å²) in [4.78, 5) is 28.9. The molecule has 2 aliphatic heterocycles. The van der Waals surface area contributed by atoms with Crippen LogP contribution in [0.4, 0.5) is 0 Å². The highest BCUT2D eigenvalue weighted by Gasteiger charge is 2.38. The summed E-state index contributed by atoms with van der Waals surface area (Å²) in [7, 11) is 4.05. The normalized spacial score (nSPS) is 21.6. The van der Waals surface area contributed by atoms with E-state index in [-0.39, 0.29) is 11.3 Å². The first-order chi connectivity index (χ1) is 10.9. The van der Waals surface area contributed by atoms with Gasteiger partial charge in [-0.15, -0.1) is 0 Å². The first-order valence-corrected chi connectivity index (χ1v) is 8.56. The van der Waals surface area contributed by atoms with Crippen molar-refractivity contribution in [3.8, 4) is 0 Å². The Bertz CT molecular complexity index is 657. The monoisotopic (exact) mass is 317 g/mol. The van der Waals surface area contributed by atoms with Gasteiger partial charge in [0, 0.05) is 44.5 Å². The molecular formula is C18H27N3O2. The van der Waals surface area contributed by atoms with Crippen molar-refractivity contribution in [2.24, 2.45) is 12.5 Å². The molecule has 0 saturated carbocycles. The molecule has 3 rings (SSSR count). The smallest absolute Gasteiger partial charge is 0.270 e. The van der Waals surface area contributed by atoms with E-state index in [1.807, 2.05) is 23.4 Å². The molecule has 126 valence electrons. The maximum atomic E-state index is 12.8. The number of likely N-dealkylation sites (tertiary alicyclic amines) is 2. The fraction of sp³-hybridized carbons (Fsp3) is 0.667. The van der Waals surface area contributed by atoms with Crippen molar-refractivity contribution in [2.45, 2.75) is 32.6 Å². The molecule has 0 atom stereocenters. The number of hydrogen-bond acceptors (Lipinski definition) is 3. The first-order valence-electron chi connectivity index (χ1n) is 8.56. The topological polar surface area (TPSA) is 45.6 Å². The summed E-state index contributed by atoms with van der Waals surface area (Å²) in [5.41, 5.74) is 1.63. The Balaban J connectivity index is 1.73. The quantitative estimate of drug-likeness (QED) is 0.791. The number of carbonyl (C=O) groups is 1. The molecule has 1 aromatic heterocycles. The number of aromatic nitrogens is 1. The van der Waals surface area contributed by atoms with E-state index in [0.29, 0.717) is 11.1 Å². The molecule has 0 bridgehead atoms. The summed E-state index contributed by atoms with van der Waals surface area (Å²) in [5.74, 6) is -0.00712. The van der Waals surface area contributed by atoms with Gasteiger partial charge in [0.1, 0.15) is 5.69 Å². The Kier molecular flexibility index (Phi) is 4.32. The number of nitrogens with zero attached hydrogens (tertiary/aromatic N) is 3. The summed E-state index contributed by atoms with van der Waals surface area (Å²) in [6.07, 6.45) is 4.69. The number of rotatable bonds is 1. The van der Waals surface area contributed by atoms with E-state index in [1.54, 1.807) is 6.07 Å². The highest BCUT2D eigenvalue weighted by Crippen LogP contribution is 2.39. The minimum atomic E-state index is -0.0914. The number of hydrogen-bond donors (Lipinski definition) is 0. The number of piperidine rings is 2. The van der Waals surface area contributed by atoms with Crippen LogP contribution in [0.5, 0.6) is 0 Å².